The number of halogens is 1. The summed E-state index contributed by atoms with van der Waals surface area (Å²) in [7, 11) is 1.72. The first-order valence-corrected chi connectivity index (χ1v) is 8.20. The van der Waals surface area contributed by atoms with Crippen LogP contribution in [-0.2, 0) is 13.1 Å². The van der Waals surface area contributed by atoms with E-state index in [9.17, 15) is 4.39 Å². The molecule has 0 atom stereocenters. The molecule has 0 aliphatic carbocycles. The van der Waals surface area contributed by atoms with E-state index in [1.165, 1.54) is 6.07 Å². The van der Waals surface area contributed by atoms with Gasteiger partial charge in [0.25, 0.3) is 0 Å². The van der Waals surface area contributed by atoms with Gasteiger partial charge in [-0.2, -0.15) is 0 Å². The summed E-state index contributed by atoms with van der Waals surface area (Å²) in [6, 6.07) is 11.1. The van der Waals surface area contributed by atoms with E-state index in [-0.39, 0.29) is 5.82 Å². The Balaban J connectivity index is 1.60. The van der Waals surface area contributed by atoms with Crippen LogP contribution in [0.4, 0.5) is 4.39 Å². The molecule has 0 aliphatic rings. The number of aryl methyl sites for hydroxylation is 2. The Morgan fingerprint density at radius 2 is 1.96 bits per heavy atom. The zero-order valence-corrected chi connectivity index (χ0v) is 14.7. The highest BCUT2D eigenvalue weighted by molar-refractivity contribution is 5.79. The minimum absolute atomic E-state index is 0.187. The molecule has 130 valence electrons. The highest BCUT2D eigenvalue weighted by Crippen LogP contribution is 2.09. The van der Waals surface area contributed by atoms with Crippen molar-refractivity contribution in [2.24, 2.45) is 4.99 Å². The van der Waals surface area contributed by atoms with Gasteiger partial charge in [-0.25, -0.2) is 9.37 Å². The molecule has 2 heterocycles. The van der Waals surface area contributed by atoms with Crippen LogP contribution in [0, 0.1) is 19.7 Å². The number of aliphatic imine (C=N–C) groups is 1. The Morgan fingerprint density at radius 1 is 1.16 bits per heavy atom. The number of hydrogen-bond donors (Lipinski definition) is 2. The highest BCUT2D eigenvalue weighted by atomic mass is 19.1. The normalized spacial score (nSPS) is 11.8. The van der Waals surface area contributed by atoms with Gasteiger partial charge in [-0.3, -0.25) is 4.99 Å². The molecule has 0 saturated heterocycles. The third kappa shape index (κ3) is 3.96. The maximum atomic E-state index is 13.3. The van der Waals surface area contributed by atoms with Crippen LogP contribution in [0.15, 0.2) is 47.6 Å². The molecule has 3 aromatic rings. The van der Waals surface area contributed by atoms with E-state index in [0.717, 1.165) is 22.6 Å². The first kappa shape index (κ1) is 17.0. The van der Waals surface area contributed by atoms with Gasteiger partial charge in [-0.1, -0.05) is 18.2 Å². The van der Waals surface area contributed by atoms with Crippen LogP contribution in [0.3, 0.4) is 0 Å². The second kappa shape index (κ2) is 7.34. The number of benzene rings is 1. The largest absolute Gasteiger partial charge is 0.352 e. The molecule has 0 amide bonds. The van der Waals surface area contributed by atoms with Crippen molar-refractivity contribution in [3.05, 3.63) is 70.9 Å². The van der Waals surface area contributed by atoms with Gasteiger partial charge < -0.3 is 15.0 Å². The number of imidazole rings is 1. The molecule has 0 fully saturated rings. The van der Waals surface area contributed by atoms with Gasteiger partial charge in [-0.05, 0) is 43.2 Å². The molecule has 0 unspecified atom stereocenters. The molecule has 5 nitrogen and oxygen atoms in total. The lowest BCUT2D eigenvalue weighted by Crippen LogP contribution is -2.36. The minimum Gasteiger partial charge on any atom is -0.352 e. The van der Waals surface area contributed by atoms with E-state index in [1.54, 1.807) is 20.0 Å². The molecule has 0 saturated carbocycles. The summed E-state index contributed by atoms with van der Waals surface area (Å²) in [5, 5.41) is 6.48. The average Bonchev–Trinajstić information content (AvgIpc) is 3.02. The molecule has 6 heteroatoms. The van der Waals surface area contributed by atoms with Crippen LogP contribution >= 0.6 is 0 Å². The predicted molar refractivity (Wildman–Crippen MR) is 98.1 cm³/mol. The van der Waals surface area contributed by atoms with Gasteiger partial charge in [0, 0.05) is 25.5 Å². The quantitative estimate of drug-likeness (QED) is 0.568. The zero-order chi connectivity index (χ0) is 17.8. The number of nitrogens with zero attached hydrogens (tertiary/aromatic N) is 3. The van der Waals surface area contributed by atoms with E-state index in [2.05, 4.69) is 38.0 Å². The SMILES string of the molecule is CN=C(NCc1ccc(F)c(C)c1)NCc1cn2c(C)cccc2n1. The Hall–Kier alpha value is -2.89. The topological polar surface area (TPSA) is 53.7 Å². The fraction of sp³-hybridized carbons (Fsp3) is 0.263. The van der Waals surface area contributed by atoms with Gasteiger partial charge in [0.15, 0.2) is 5.96 Å². The molecule has 1 aromatic carbocycles. The molecule has 3 rings (SSSR count). The van der Waals surface area contributed by atoms with Gasteiger partial charge in [-0.15, -0.1) is 0 Å². The number of aromatic nitrogens is 2. The molecule has 0 aliphatic heterocycles. The van der Waals surface area contributed by atoms with Crippen molar-refractivity contribution in [3.63, 3.8) is 0 Å². The molecular weight excluding hydrogens is 317 g/mol. The second-order valence-corrected chi connectivity index (χ2v) is 5.99. The van der Waals surface area contributed by atoms with Crippen molar-refractivity contribution in [3.8, 4) is 0 Å². The van der Waals surface area contributed by atoms with Crippen LogP contribution in [-0.4, -0.2) is 22.4 Å². The average molecular weight is 339 g/mol. The fourth-order valence-corrected chi connectivity index (χ4v) is 2.68. The van der Waals surface area contributed by atoms with Crippen molar-refractivity contribution in [2.45, 2.75) is 26.9 Å². The number of nitrogens with one attached hydrogen (secondary N) is 2. The van der Waals surface area contributed by atoms with E-state index < -0.39 is 0 Å². The lowest BCUT2D eigenvalue weighted by molar-refractivity contribution is 0.617. The summed E-state index contributed by atoms with van der Waals surface area (Å²) in [6.45, 7) is 4.96. The van der Waals surface area contributed by atoms with Crippen LogP contribution < -0.4 is 10.6 Å². The molecular formula is C19H22FN5. The molecule has 2 N–H and O–H groups in total. The van der Waals surface area contributed by atoms with E-state index in [1.807, 2.05) is 24.4 Å². The zero-order valence-electron chi connectivity index (χ0n) is 14.7. The Bertz CT molecular complexity index is 913. The maximum Gasteiger partial charge on any atom is 0.191 e. The summed E-state index contributed by atoms with van der Waals surface area (Å²) in [6.07, 6.45) is 2.02. The third-order valence-corrected chi connectivity index (χ3v) is 4.09. The lowest BCUT2D eigenvalue weighted by atomic mass is 10.1. The van der Waals surface area contributed by atoms with Crippen molar-refractivity contribution >= 4 is 11.6 Å². The first-order chi connectivity index (χ1) is 12.1. The van der Waals surface area contributed by atoms with Crippen LogP contribution in [0.2, 0.25) is 0 Å². The Labute approximate surface area is 146 Å². The van der Waals surface area contributed by atoms with E-state index >= 15 is 0 Å². The Morgan fingerprint density at radius 3 is 2.68 bits per heavy atom. The highest BCUT2D eigenvalue weighted by Gasteiger charge is 2.05. The van der Waals surface area contributed by atoms with Crippen LogP contribution in [0.1, 0.15) is 22.5 Å². The van der Waals surface area contributed by atoms with Gasteiger partial charge in [0.05, 0.1) is 12.2 Å². The predicted octanol–water partition coefficient (Wildman–Crippen LogP) is 2.96. The molecule has 0 bridgehead atoms. The van der Waals surface area contributed by atoms with Crippen molar-refractivity contribution in [2.75, 3.05) is 7.05 Å². The summed E-state index contributed by atoms with van der Waals surface area (Å²) in [4.78, 5) is 8.81. The lowest BCUT2D eigenvalue weighted by Gasteiger charge is -2.11. The molecule has 0 spiro atoms. The summed E-state index contributed by atoms with van der Waals surface area (Å²) < 4.78 is 15.4. The van der Waals surface area contributed by atoms with Crippen molar-refractivity contribution in [1.29, 1.82) is 0 Å². The number of guanidine groups is 1. The third-order valence-electron chi connectivity index (χ3n) is 4.09. The molecule has 0 radical (unpaired) electrons. The number of hydrogen-bond acceptors (Lipinski definition) is 2. The van der Waals surface area contributed by atoms with Crippen molar-refractivity contribution in [1.82, 2.24) is 20.0 Å². The van der Waals surface area contributed by atoms with Crippen molar-refractivity contribution < 1.29 is 4.39 Å². The van der Waals surface area contributed by atoms with Crippen LogP contribution in [0.25, 0.3) is 5.65 Å². The summed E-state index contributed by atoms with van der Waals surface area (Å²) in [5.74, 6) is 0.490. The second-order valence-electron chi connectivity index (χ2n) is 5.99. The molecule has 25 heavy (non-hydrogen) atoms. The minimum atomic E-state index is -0.187. The van der Waals surface area contributed by atoms with Gasteiger partial charge in [0.1, 0.15) is 11.5 Å². The Kier molecular flexibility index (Phi) is 4.97. The standard InChI is InChI=1S/C19H22FN5/c1-13-9-15(7-8-17(13)20)10-22-19(21-3)23-11-16-12-25-14(2)5-4-6-18(25)24-16/h4-9,12H,10-11H2,1-3H3,(H2,21,22,23). The van der Waals surface area contributed by atoms with Crippen LogP contribution in [0.5, 0.6) is 0 Å². The van der Waals surface area contributed by atoms with Gasteiger partial charge in [0.2, 0.25) is 0 Å². The number of rotatable bonds is 4. The first-order valence-electron chi connectivity index (χ1n) is 8.20. The number of fused-ring (bicyclic) bond motifs is 1. The summed E-state index contributed by atoms with van der Waals surface area (Å²) in [5.41, 5.74) is 4.66. The van der Waals surface area contributed by atoms with Gasteiger partial charge >= 0.3 is 0 Å². The maximum absolute atomic E-state index is 13.3. The number of pyridine rings is 1. The smallest absolute Gasteiger partial charge is 0.191 e. The van der Waals surface area contributed by atoms with E-state index in [4.69, 9.17) is 0 Å². The monoisotopic (exact) mass is 339 g/mol. The summed E-state index contributed by atoms with van der Waals surface area (Å²) >= 11 is 0. The fourth-order valence-electron chi connectivity index (χ4n) is 2.68. The molecule has 2 aromatic heterocycles. The van der Waals surface area contributed by atoms with E-state index in [0.29, 0.717) is 24.6 Å².